The highest BCUT2D eigenvalue weighted by atomic mass is 16.2. The van der Waals surface area contributed by atoms with E-state index in [-0.39, 0.29) is 18.2 Å². The number of benzene rings is 1. The standard InChI is InChI=1S/C11H12N2O2/c12-11(15)8-6-10(14)13(7-8)9-4-2-1-3-5-9/h1-5,8H,6-7H2,(H2,12,15)/t8-/m0/s1. The van der Waals surface area contributed by atoms with E-state index in [1.165, 1.54) is 0 Å². The maximum atomic E-state index is 11.6. The van der Waals surface area contributed by atoms with Crippen LogP contribution in [0.25, 0.3) is 0 Å². The Morgan fingerprint density at radius 2 is 2.00 bits per heavy atom. The Morgan fingerprint density at radius 3 is 2.53 bits per heavy atom. The van der Waals surface area contributed by atoms with E-state index in [9.17, 15) is 9.59 Å². The molecule has 1 fully saturated rings. The molecule has 1 aromatic carbocycles. The van der Waals surface area contributed by atoms with Gasteiger partial charge in [-0.1, -0.05) is 18.2 Å². The molecule has 0 aromatic heterocycles. The van der Waals surface area contributed by atoms with Crippen LogP contribution in [-0.4, -0.2) is 18.4 Å². The molecule has 2 rings (SSSR count). The molecule has 0 radical (unpaired) electrons. The molecule has 0 bridgehead atoms. The van der Waals surface area contributed by atoms with Crippen LogP contribution in [-0.2, 0) is 9.59 Å². The summed E-state index contributed by atoms with van der Waals surface area (Å²) in [5.41, 5.74) is 6.01. The fourth-order valence-corrected chi connectivity index (χ4v) is 1.76. The molecule has 1 heterocycles. The molecule has 1 saturated heterocycles. The van der Waals surface area contributed by atoms with Crippen LogP contribution in [0.5, 0.6) is 0 Å². The molecule has 78 valence electrons. The molecule has 15 heavy (non-hydrogen) atoms. The van der Waals surface area contributed by atoms with Gasteiger partial charge < -0.3 is 10.6 Å². The molecule has 1 aromatic rings. The minimum atomic E-state index is -0.401. The number of nitrogens with two attached hydrogens (primary N) is 1. The molecule has 4 heteroatoms. The number of carbonyl (C=O) groups excluding carboxylic acids is 2. The van der Waals surface area contributed by atoms with E-state index >= 15 is 0 Å². The van der Waals surface area contributed by atoms with E-state index in [0.29, 0.717) is 6.54 Å². The summed E-state index contributed by atoms with van der Waals surface area (Å²) >= 11 is 0. The normalized spacial score (nSPS) is 20.7. The van der Waals surface area contributed by atoms with E-state index in [4.69, 9.17) is 5.73 Å². The van der Waals surface area contributed by atoms with Crippen LogP contribution in [0, 0.1) is 5.92 Å². The number of hydrogen-bond donors (Lipinski definition) is 1. The van der Waals surface area contributed by atoms with Crippen molar-refractivity contribution >= 4 is 17.5 Å². The second-order valence-corrected chi connectivity index (χ2v) is 3.64. The van der Waals surface area contributed by atoms with Crippen LogP contribution in [0.2, 0.25) is 0 Å². The number of rotatable bonds is 2. The predicted octanol–water partition coefficient (Wildman–Crippen LogP) is 0.525. The van der Waals surface area contributed by atoms with Crippen molar-refractivity contribution in [3.05, 3.63) is 30.3 Å². The summed E-state index contributed by atoms with van der Waals surface area (Å²) in [5.74, 6) is -0.788. The van der Waals surface area contributed by atoms with Crippen molar-refractivity contribution < 1.29 is 9.59 Å². The van der Waals surface area contributed by atoms with E-state index < -0.39 is 5.91 Å². The highest BCUT2D eigenvalue weighted by Gasteiger charge is 2.33. The van der Waals surface area contributed by atoms with Gasteiger partial charge in [-0.05, 0) is 12.1 Å². The number of hydrogen-bond acceptors (Lipinski definition) is 2. The van der Waals surface area contributed by atoms with Gasteiger partial charge in [-0.15, -0.1) is 0 Å². The first-order chi connectivity index (χ1) is 7.18. The molecule has 1 atom stereocenters. The van der Waals surface area contributed by atoms with Gasteiger partial charge in [-0.3, -0.25) is 9.59 Å². The molecular weight excluding hydrogens is 192 g/mol. The van der Waals surface area contributed by atoms with Crippen LogP contribution in [0.1, 0.15) is 6.42 Å². The zero-order chi connectivity index (χ0) is 10.8. The Balaban J connectivity index is 2.19. The SMILES string of the molecule is NC(=O)[C@H]1CC(=O)N(c2ccccc2)C1. The van der Waals surface area contributed by atoms with E-state index in [0.717, 1.165) is 5.69 Å². The minimum absolute atomic E-state index is 0.0370. The van der Waals surface area contributed by atoms with Crippen molar-refractivity contribution in [2.24, 2.45) is 11.7 Å². The fraction of sp³-hybridized carbons (Fsp3) is 0.273. The summed E-state index contributed by atoms with van der Waals surface area (Å²) in [4.78, 5) is 24.2. The van der Waals surface area contributed by atoms with Crippen molar-refractivity contribution in [1.29, 1.82) is 0 Å². The number of nitrogens with zero attached hydrogens (tertiary/aromatic N) is 1. The summed E-state index contributed by atoms with van der Waals surface area (Å²) in [6, 6.07) is 9.30. The van der Waals surface area contributed by atoms with Crippen molar-refractivity contribution in [2.75, 3.05) is 11.4 Å². The highest BCUT2D eigenvalue weighted by molar-refractivity contribution is 5.99. The summed E-state index contributed by atoms with van der Waals surface area (Å²) in [6.45, 7) is 0.401. The Bertz CT molecular complexity index is 389. The molecule has 0 saturated carbocycles. The maximum absolute atomic E-state index is 11.6. The third kappa shape index (κ3) is 1.83. The molecule has 0 unspecified atom stereocenters. The largest absolute Gasteiger partial charge is 0.369 e. The second-order valence-electron chi connectivity index (χ2n) is 3.64. The third-order valence-electron chi connectivity index (χ3n) is 2.60. The smallest absolute Gasteiger partial charge is 0.227 e. The summed E-state index contributed by atoms with van der Waals surface area (Å²) in [5, 5.41) is 0. The highest BCUT2D eigenvalue weighted by Crippen LogP contribution is 2.24. The van der Waals surface area contributed by atoms with Gasteiger partial charge in [-0.2, -0.15) is 0 Å². The molecule has 0 aliphatic carbocycles. The van der Waals surface area contributed by atoms with E-state index in [1.54, 1.807) is 4.90 Å². The van der Waals surface area contributed by atoms with E-state index in [1.807, 2.05) is 30.3 Å². The topological polar surface area (TPSA) is 63.4 Å². The molecule has 0 spiro atoms. The Hall–Kier alpha value is -1.84. The number of carbonyl (C=O) groups is 2. The predicted molar refractivity (Wildman–Crippen MR) is 56.1 cm³/mol. The van der Waals surface area contributed by atoms with Gasteiger partial charge in [0, 0.05) is 18.7 Å². The van der Waals surface area contributed by atoms with Gasteiger partial charge in [0.05, 0.1) is 5.92 Å². The summed E-state index contributed by atoms with van der Waals surface area (Å²) in [7, 11) is 0. The second kappa shape index (κ2) is 3.73. The van der Waals surface area contributed by atoms with Crippen molar-refractivity contribution in [1.82, 2.24) is 0 Å². The van der Waals surface area contributed by atoms with Gasteiger partial charge in [-0.25, -0.2) is 0 Å². The van der Waals surface area contributed by atoms with Gasteiger partial charge in [0.15, 0.2) is 0 Å². The maximum Gasteiger partial charge on any atom is 0.227 e. The number of anilines is 1. The first-order valence-electron chi connectivity index (χ1n) is 4.83. The van der Waals surface area contributed by atoms with Crippen LogP contribution in [0.15, 0.2) is 30.3 Å². The zero-order valence-electron chi connectivity index (χ0n) is 8.22. The van der Waals surface area contributed by atoms with Crippen molar-refractivity contribution in [3.63, 3.8) is 0 Å². The lowest BCUT2D eigenvalue weighted by Gasteiger charge is -2.15. The summed E-state index contributed by atoms with van der Waals surface area (Å²) < 4.78 is 0. The lowest BCUT2D eigenvalue weighted by atomic mass is 10.1. The molecule has 1 aliphatic heterocycles. The van der Waals surface area contributed by atoms with Gasteiger partial charge in [0.1, 0.15) is 0 Å². The van der Waals surface area contributed by atoms with Crippen LogP contribution in [0.3, 0.4) is 0 Å². The average molecular weight is 204 g/mol. The molecule has 4 nitrogen and oxygen atoms in total. The first kappa shape index (κ1) is 9.71. The number of para-hydroxylation sites is 1. The van der Waals surface area contributed by atoms with Crippen LogP contribution in [0.4, 0.5) is 5.69 Å². The van der Waals surface area contributed by atoms with Crippen molar-refractivity contribution in [3.8, 4) is 0 Å². The Labute approximate surface area is 87.7 Å². The average Bonchev–Trinajstić information content (AvgIpc) is 2.62. The minimum Gasteiger partial charge on any atom is -0.369 e. The lowest BCUT2D eigenvalue weighted by molar-refractivity contribution is -0.123. The number of amides is 2. The van der Waals surface area contributed by atoms with Gasteiger partial charge in [0.25, 0.3) is 0 Å². The quantitative estimate of drug-likeness (QED) is 0.763. The Morgan fingerprint density at radius 1 is 1.33 bits per heavy atom. The van der Waals surface area contributed by atoms with Crippen LogP contribution < -0.4 is 10.6 Å². The first-order valence-corrected chi connectivity index (χ1v) is 4.83. The van der Waals surface area contributed by atoms with E-state index in [2.05, 4.69) is 0 Å². The molecule has 1 aliphatic rings. The summed E-state index contributed by atoms with van der Waals surface area (Å²) in [6.07, 6.45) is 0.226. The van der Waals surface area contributed by atoms with Gasteiger partial charge >= 0.3 is 0 Å². The molecule has 2 N–H and O–H groups in total. The Kier molecular flexibility index (Phi) is 2.41. The lowest BCUT2D eigenvalue weighted by Crippen LogP contribution is -2.28. The third-order valence-corrected chi connectivity index (χ3v) is 2.60. The molecule has 2 amide bonds. The van der Waals surface area contributed by atoms with Crippen LogP contribution >= 0.6 is 0 Å². The van der Waals surface area contributed by atoms with Crippen molar-refractivity contribution in [2.45, 2.75) is 6.42 Å². The monoisotopic (exact) mass is 204 g/mol. The van der Waals surface area contributed by atoms with Gasteiger partial charge in [0.2, 0.25) is 11.8 Å². The fourth-order valence-electron chi connectivity index (χ4n) is 1.76. The zero-order valence-corrected chi connectivity index (χ0v) is 8.22. The molecular formula is C11H12N2O2. The number of primary amides is 1.